The minimum atomic E-state index is -0.136. The normalized spacial score (nSPS) is 10.6. The number of rotatable bonds is 7. The highest BCUT2D eigenvalue weighted by atomic mass is 16.5. The lowest BCUT2D eigenvalue weighted by atomic mass is 9.98. The molecule has 0 aliphatic carbocycles. The predicted molar refractivity (Wildman–Crippen MR) is 75.6 cm³/mol. The number of amides is 1. The Morgan fingerprint density at radius 1 is 1.37 bits per heavy atom. The van der Waals surface area contributed by atoms with Crippen LogP contribution in [0.15, 0.2) is 18.2 Å². The van der Waals surface area contributed by atoms with E-state index in [1.165, 1.54) is 11.1 Å². The van der Waals surface area contributed by atoms with Crippen molar-refractivity contribution in [1.29, 1.82) is 0 Å². The van der Waals surface area contributed by atoms with Crippen LogP contribution < -0.4 is 10.1 Å². The molecule has 1 rings (SSSR count). The van der Waals surface area contributed by atoms with Crippen LogP contribution in [0.4, 0.5) is 0 Å². The maximum Gasteiger partial charge on any atom is 0.258 e. The van der Waals surface area contributed by atoms with Gasteiger partial charge < -0.3 is 14.8 Å². The Morgan fingerprint density at radius 3 is 2.68 bits per heavy atom. The molecule has 0 atom stereocenters. The summed E-state index contributed by atoms with van der Waals surface area (Å²) in [5.74, 6) is 1.08. The Balaban J connectivity index is 2.45. The zero-order valence-corrected chi connectivity index (χ0v) is 12.2. The Morgan fingerprint density at radius 2 is 2.11 bits per heavy atom. The third-order valence-corrected chi connectivity index (χ3v) is 2.86. The van der Waals surface area contributed by atoms with Gasteiger partial charge in [0.15, 0.2) is 6.61 Å². The predicted octanol–water partition coefficient (Wildman–Crippen LogP) is 2.26. The van der Waals surface area contributed by atoms with Gasteiger partial charge in [-0.3, -0.25) is 4.79 Å². The standard InChI is InChI=1S/C15H23NO3/c1-11(2)14-6-5-13(9-12(14)3)19-10-15(17)16-7-8-18-4/h5-6,9,11H,7-8,10H2,1-4H3,(H,16,17). The number of aryl methyl sites for hydroxylation is 1. The van der Waals surface area contributed by atoms with Gasteiger partial charge in [-0.15, -0.1) is 0 Å². The van der Waals surface area contributed by atoms with Gasteiger partial charge in [-0.1, -0.05) is 19.9 Å². The van der Waals surface area contributed by atoms with Crippen LogP contribution in [-0.4, -0.2) is 32.8 Å². The Labute approximate surface area is 115 Å². The molecule has 0 spiro atoms. The fraction of sp³-hybridized carbons (Fsp3) is 0.533. The van der Waals surface area contributed by atoms with Crippen molar-refractivity contribution in [2.45, 2.75) is 26.7 Å². The van der Waals surface area contributed by atoms with E-state index in [4.69, 9.17) is 9.47 Å². The molecule has 0 fully saturated rings. The molecule has 0 saturated heterocycles. The van der Waals surface area contributed by atoms with Crippen molar-refractivity contribution < 1.29 is 14.3 Å². The molecule has 4 nitrogen and oxygen atoms in total. The molecule has 0 bridgehead atoms. The highest BCUT2D eigenvalue weighted by molar-refractivity contribution is 5.77. The van der Waals surface area contributed by atoms with Crippen LogP contribution in [0.3, 0.4) is 0 Å². The number of hydrogen-bond donors (Lipinski definition) is 1. The van der Waals surface area contributed by atoms with Crippen LogP contribution in [0.5, 0.6) is 5.75 Å². The van der Waals surface area contributed by atoms with Gasteiger partial charge in [0.25, 0.3) is 5.91 Å². The summed E-state index contributed by atoms with van der Waals surface area (Å²) in [7, 11) is 1.60. The molecule has 0 aliphatic rings. The van der Waals surface area contributed by atoms with Crippen molar-refractivity contribution in [1.82, 2.24) is 5.32 Å². The highest BCUT2D eigenvalue weighted by Crippen LogP contribution is 2.23. The SMILES string of the molecule is COCCNC(=O)COc1ccc(C(C)C)c(C)c1. The minimum Gasteiger partial charge on any atom is -0.484 e. The molecule has 1 aromatic carbocycles. The summed E-state index contributed by atoms with van der Waals surface area (Å²) < 4.78 is 10.3. The summed E-state index contributed by atoms with van der Waals surface area (Å²) in [5, 5.41) is 2.71. The lowest BCUT2D eigenvalue weighted by molar-refractivity contribution is -0.123. The van der Waals surface area contributed by atoms with Crippen molar-refractivity contribution in [3.05, 3.63) is 29.3 Å². The monoisotopic (exact) mass is 265 g/mol. The Hall–Kier alpha value is -1.55. The van der Waals surface area contributed by atoms with Gasteiger partial charge in [0.1, 0.15) is 5.75 Å². The van der Waals surface area contributed by atoms with Crippen LogP contribution in [0, 0.1) is 6.92 Å². The highest BCUT2D eigenvalue weighted by Gasteiger charge is 2.06. The molecular formula is C15H23NO3. The van der Waals surface area contributed by atoms with E-state index >= 15 is 0 Å². The van der Waals surface area contributed by atoms with Crippen LogP contribution in [-0.2, 0) is 9.53 Å². The van der Waals surface area contributed by atoms with Crippen molar-refractivity contribution in [2.75, 3.05) is 26.9 Å². The van der Waals surface area contributed by atoms with Crippen molar-refractivity contribution in [3.63, 3.8) is 0 Å². The molecule has 0 saturated carbocycles. The maximum absolute atomic E-state index is 11.5. The van der Waals surface area contributed by atoms with E-state index in [9.17, 15) is 4.79 Å². The molecule has 1 aromatic rings. The molecule has 4 heteroatoms. The molecule has 0 radical (unpaired) electrons. The van der Waals surface area contributed by atoms with Gasteiger partial charge in [-0.05, 0) is 36.1 Å². The van der Waals surface area contributed by atoms with E-state index in [2.05, 4.69) is 32.2 Å². The number of benzene rings is 1. The molecule has 0 aromatic heterocycles. The summed E-state index contributed by atoms with van der Waals surface area (Å²) >= 11 is 0. The zero-order valence-electron chi connectivity index (χ0n) is 12.2. The molecule has 1 N–H and O–H groups in total. The summed E-state index contributed by atoms with van der Waals surface area (Å²) in [6.45, 7) is 7.42. The lowest BCUT2D eigenvalue weighted by Crippen LogP contribution is -2.31. The molecule has 0 unspecified atom stereocenters. The van der Waals surface area contributed by atoms with Gasteiger partial charge in [0, 0.05) is 13.7 Å². The third kappa shape index (κ3) is 5.30. The second-order valence-corrected chi connectivity index (χ2v) is 4.80. The zero-order chi connectivity index (χ0) is 14.3. The van der Waals surface area contributed by atoms with Gasteiger partial charge in [0.2, 0.25) is 0 Å². The van der Waals surface area contributed by atoms with Gasteiger partial charge in [0.05, 0.1) is 6.61 Å². The number of hydrogen-bond acceptors (Lipinski definition) is 3. The summed E-state index contributed by atoms with van der Waals surface area (Å²) in [5.41, 5.74) is 2.49. The second-order valence-electron chi connectivity index (χ2n) is 4.80. The molecule has 1 amide bonds. The summed E-state index contributed by atoms with van der Waals surface area (Å²) in [6, 6.07) is 5.93. The van der Waals surface area contributed by atoms with Crippen LogP contribution in [0.1, 0.15) is 30.9 Å². The smallest absolute Gasteiger partial charge is 0.258 e. The first kappa shape index (κ1) is 15.5. The quantitative estimate of drug-likeness (QED) is 0.769. The van der Waals surface area contributed by atoms with E-state index in [1.807, 2.05) is 12.1 Å². The first-order chi connectivity index (χ1) is 9.04. The van der Waals surface area contributed by atoms with Crippen LogP contribution in [0.2, 0.25) is 0 Å². The molecular weight excluding hydrogens is 242 g/mol. The first-order valence-electron chi connectivity index (χ1n) is 6.53. The van der Waals surface area contributed by atoms with Crippen LogP contribution in [0.25, 0.3) is 0 Å². The van der Waals surface area contributed by atoms with Gasteiger partial charge in [-0.2, -0.15) is 0 Å². The summed E-state index contributed by atoms with van der Waals surface area (Å²) in [6.07, 6.45) is 0. The Bertz CT molecular complexity index is 416. The molecule has 0 heterocycles. The average Bonchev–Trinajstić information content (AvgIpc) is 2.36. The van der Waals surface area contributed by atoms with Crippen LogP contribution >= 0.6 is 0 Å². The number of nitrogens with one attached hydrogen (secondary N) is 1. The number of carbonyl (C=O) groups is 1. The van der Waals surface area contributed by atoms with E-state index in [0.29, 0.717) is 19.1 Å². The van der Waals surface area contributed by atoms with Crippen molar-refractivity contribution in [2.24, 2.45) is 0 Å². The van der Waals surface area contributed by atoms with Crippen molar-refractivity contribution >= 4 is 5.91 Å². The number of methoxy groups -OCH3 is 1. The average molecular weight is 265 g/mol. The fourth-order valence-electron chi connectivity index (χ4n) is 1.88. The van der Waals surface area contributed by atoms with E-state index in [-0.39, 0.29) is 12.5 Å². The maximum atomic E-state index is 11.5. The minimum absolute atomic E-state index is 0.0319. The lowest BCUT2D eigenvalue weighted by Gasteiger charge is -2.12. The topological polar surface area (TPSA) is 47.6 Å². The van der Waals surface area contributed by atoms with Gasteiger partial charge >= 0.3 is 0 Å². The number of ether oxygens (including phenoxy) is 2. The van der Waals surface area contributed by atoms with Crippen molar-refractivity contribution in [3.8, 4) is 5.75 Å². The summed E-state index contributed by atoms with van der Waals surface area (Å²) in [4.78, 5) is 11.5. The van der Waals surface area contributed by atoms with Gasteiger partial charge in [-0.25, -0.2) is 0 Å². The molecule has 19 heavy (non-hydrogen) atoms. The number of carbonyl (C=O) groups excluding carboxylic acids is 1. The Kier molecular flexibility index (Phi) is 6.36. The molecule has 0 aliphatic heterocycles. The largest absolute Gasteiger partial charge is 0.484 e. The second kappa shape index (κ2) is 7.79. The van der Waals surface area contributed by atoms with E-state index < -0.39 is 0 Å². The third-order valence-electron chi connectivity index (χ3n) is 2.86. The first-order valence-corrected chi connectivity index (χ1v) is 6.53. The molecule has 106 valence electrons. The van der Waals surface area contributed by atoms with E-state index in [1.54, 1.807) is 7.11 Å². The van der Waals surface area contributed by atoms with E-state index in [0.717, 1.165) is 5.75 Å². The fourth-order valence-corrected chi connectivity index (χ4v) is 1.88.